The van der Waals surface area contributed by atoms with Gasteiger partial charge >= 0.3 is 0 Å². The minimum atomic E-state index is 0.350. The summed E-state index contributed by atoms with van der Waals surface area (Å²) < 4.78 is 17.1. The summed E-state index contributed by atoms with van der Waals surface area (Å²) in [6.45, 7) is 2.18. The molecule has 0 unspecified atom stereocenters. The fraction of sp³-hybridized carbons (Fsp3) is 0.517. The number of ether oxygens (including phenoxy) is 3. The molecule has 1 aliphatic carbocycles. The first-order valence-corrected chi connectivity index (χ1v) is 12.9. The molecule has 180 valence electrons. The third-order valence-electron chi connectivity index (χ3n) is 8.47. The van der Waals surface area contributed by atoms with Crippen molar-refractivity contribution in [2.45, 2.75) is 69.6 Å². The van der Waals surface area contributed by atoms with Crippen molar-refractivity contribution in [2.24, 2.45) is 0 Å². The summed E-state index contributed by atoms with van der Waals surface area (Å²) >= 11 is 0. The molecule has 2 aliphatic heterocycles. The molecule has 2 heterocycles. The maximum atomic E-state index is 5.75. The molecule has 0 aromatic heterocycles. The smallest absolute Gasteiger partial charge is 0.161 e. The third-order valence-corrected chi connectivity index (χ3v) is 8.47. The first kappa shape index (κ1) is 22.0. The number of rotatable bonds is 5. The van der Waals surface area contributed by atoms with Gasteiger partial charge in [-0.25, -0.2) is 0 Å². The van der Waals surface area contributed by atoms with Gasteiger partial charge < -0.3 is 19.5 Å². The van der Waals surface area contributed by atoms with E-state index in [1.807, 2.05) is 0 Å². The molecule has 5 heteroatoms. The molecule has 2 atom stereocenters. The van der Waals surface area contributed by atoms with Gasteiger partial charge in [-0.05, 0) is 89.2 Å². The standard InChI is InChI=1S/C29H36N2O3/c1-32-19-11-12-20-21(14-19)22-15-26(33-2)27(34-3)16-23(22)24-17-31-13-7-10-25(31)29(28(20)24)30-18-8-5-4-6-9-18/h11-12,14-16,18,25,29-30H,4-10,13,17H2,1-3H3/t25-,29-/m0/s1. The molecule has 3 aromatic rings. The highest BCUT2D eigenvalue weighted by molar-refractivity contribution is 6.12. The number of hydrogen-bond donors (Lipinski definition) is 1. The van der Waals surface area contributed by atoms with E-state index in [0.717, 1.165) is 23.8 Å². The molecule has 0 amide bonds. The predicted octanol–water partition coefficient (Wildman–Crippen LogP) is 5.96. The molecular formula is C29H36N2O3. The molecular weight excluding hydrogens is 424 g/mol. The van der Waals surface area contributed by atoms with Crippen LogP contribution < -0.4 is 19.5 Å². The highest BCUT2D eigenvalue weighted by atomic mass is 16.5. The van der Waals surface area contributed by atoms with Gasteiger partial charge in [0.2, 0.25) is 0 Å². The third kappa shape index (κ3) is 3.52. The van der Waals surface area contributed by atoms with E-state index in [9.17, 15) is 0 Å². The van der Waals surface area contributed by atoms with Gasteiger partial charge in [0.15, 0.2) is 11.5 Å². The predicted molar refractivity (Wildman–Crippen MR) is 137 cm³/mol. The van der Waals surface area contributed by atoms with Crippen molar-refractivity contribution in [1.82, 2.24) is 10.2 Å². The molecule has 5 nitrogen and oxygen atoms in total. The number of hydrogen-bond acceptors (Lipinski definition) is 5. The van der Waals surface area contributed by atoms with Crippen molar-refractivity contribution < 1.29 is 14.2 Å². The molecule has 3 aromatic carbocycles. The van der Waals surface area contributed by atoms with Crippen LogP contribution in [0.15, 0.2) is 30.3 Å². The Kier molecular flexibility index (Phi) is 5.78. The molecule has 1 saturated heterocycles. The van der Waals surface area contributed by atoms with E-state index in [4.69, 9.17) is 14.2 Å². The second kappa shape index (κ2) is 8.94. The van der Waals surface area contributed by atoms with Gasteiger partial charge in [-0.1, -0.05) is 25.3 Å². The maximum Gasteiger partial charge on any atom is 0.161 e. The van der Waals surface area contributed by atoms with Crippen LogP contribution in [0.2, 0.25) is 0 Å². The Morgan fingerprint density at radius 1 is 0.765 bits per heavy atom. The second-order valence-corrected chi connectivity index (χ2v) is 10.2. The molecule has 3 aliphatic rings. The fourth-order valence-corrected chi connectivity index (χ4v) is 6.83. The molecule has 0 radical (unpaired) electrons. The van der Waals surface area contributed by atoms with Crippen LogP contribution in [0.1, 0.15) is 62.1 Å². The summed E-state index contributed by atoms with van der Waals surface area (Å²) in [6.07, 6.45) is 9.21. The fourth-order valence-electron chi connectivity index (χ4n) is 6.83. The van der Waals surface area contributed by atoms with Gasteiger partial charge in [-0.3, -0.25) is 4.90 Å². The van der Waals surface area contributed by atoms with E-state index >= 15 is 0 Å². The van der Waals surface area contributed by atoms with Gasteiger partial charge in [0, 0.05) is 24.7 Å². The van der Waals surface area contributed by atoms with Crippen LogP contribution in [0.25, 0.3) is 21.5 Å². The van der Waals surface area contributed by atoms with Crippen molar-refractivity contribution in [2.75, 3.05) is 27.9 Å². The zero-order valence-corrected chi connectivity index (χ0v) is 20.7. The van der Waals surface area contributed by atoms with Gasteiger partial charge in [-0.2, -0.15) is 0 Å². The zero-order valence-electron chi connectivity index (χ0n) is 20.7. The van der Waals surface area contributed by atoms with Crippen LogP contribution in [0.4, 0.5) is 0 Å². The first-order valence-electron chi connectivity index (χ1n) is 12.9. The molecule has 2 fully saturated rings. The Labute approximate surface area is 202 Å². The molecule has 34 heavy (non-hydrogen) atoms. The summed E-state index contributed by atoms with van der Waals surface area (Å²) in [6, 6.07) is 12.5. The Morgan fingerprint density at radius 3 is 2.24 bits per heavy atom. The van der Waals surface area contributed by atoms with Crippen molar-refractivity contribution in [3.05, 3.63) is 41.5 Å². The van der Waals surface area contributed by atoms with E-state index in [1.165, 1.54) is 84.2 Å². The van der Waals surface area contributed by atoms with E-state index < -0.39 is 0 Å². The highest BCUT2D eigenvalue weighted by Crippen LogP contribution is 2.48. The Balaban J connectivity index is 1.63. The number of nitrogens with one attached hydrogen (secondary N) is 1. The number of methoxy groups -OCH3 is 3. The molecule has 0 spiro atoms. The SMILES string of the molecule is COc1ccc2c3c(c4cc(OC)c(OC)cc4c2c1)CN1CCC[C@H]1[C@@H]3NC1CCCCC1. The lowest BCUT2D eigenvalue weighted by molar-refractivity contribution is 0.165. The van der Waals surface area contributed by atoms with Gasteiger partial charge in [0.25, 0.3) is 0 Å². The van der Waals surface area contributed by atoms with Crippen molar-refractivity contribution in [3.63, 3.8) is 0 Å². The zero-order chi connectivity index (χ0) is 23.2. The molecule has 0 bridgehead atoms. The van der Waals surface area contributed by atoms with Crippen molar-refractivity contribution in [3.8, 4) is 17.2 Å². The highest BCUT2D eigenvalue weighted by Gasteiger charge is 2.40. The maximum absolute atomic E-state index is 5.75. The average Bonchev–Trinajstić information content (AvgIpc) is 3.37. The average molecular weight is 461 g/mol. The van der Waals surface area contributed by atoms with Crippen LogP contribution in [0.3, 0.4) is 0 Å². The molecule has 6 rings (SSSR count). The second-order valence-electron chi connectivity index (χ2n) is 10.2. The van der Waals surface area contributed by atoms with Crippen LogP contribution in [0.5, 0.6) is 17.2 Å². The van der Waals surface area contributed by atoms with E-state index in [0.29, 0.717) is 18.1 Å². The Morgan fingerprint density at radius 2 is 1.50 bits per heavy atom. The topological polar surface area (TPSA) is 43.0 Å². The minimum Gasteiger partial charge on any atom is -0.497 e. The number of benzene rings is 3. The number of fused-ring (bicyclic) bond motifs is 7. The van der Waals surface area contributed by atoms with E-state index in [2.05, 4.69) is 40.5 Å². The van der Waals surface area contributed by atoms with Crippen LogP contribution in [-0.2, 0) is 6.54 Å². The minimum absolute atomic E-state index is 0.350. The Hall–Kier alpha value is -2.50. The molecule has 1 N–H and O–H groups in total. The van der Waals surface area contributed by atoms with E-state index in [-0.39, 0.29) is 0 Å². The Bertz CT molecular complexity index is 1220. The lowest BCUT2D eigenvalue weighted by atomic mass is 9.81. The lowest BCUT2D eigenvalue weighted by Crippen LogP contribution is -2.48. The number of nitrogens with zero attached hydrogens (tertiary/aromatic N) is 1. The van der Waals surface area contributed by atoms with Crippen molar-refractivity contribution >= 4 is 21.5 Å². The van der Waals surface area contributed by atoms with Gasteiger partial charge in [0.05, 0.1) is 21.3 Å². The van der Waals surface area contributed by atoms with Crippen molar-refractivity contribution in [1.29, 1.82) is 0 Å². The summed E-state index contributed by atoms with van der Waals surface area (Å²) in [5.41, 5.74) is 2.94. The van der Waals surface area contributed by atoms with Crippen LogP contribution in [-0.4, -0.2) is 44.9 Å². The quantitative estimate of drug-likeness (QED) is 0.476. The lowest BCUT2D eigenvalue weighted by Gasteiger charge is -2.42. The summed E-state index contributed by atoms with van der Waals surface area (Å²) in [5.74, 6) is 2.45. The summed E-state index contributed by atoms with van der Waals surface area (Å²) in [4.78, 5) is 2.72. The van der Waals surface area contributed by atoms with Crippen LogP contribution >= 0.6 is 0 Å². The van der Waals surface area contributed by atoms with Gasteiger partial charge in [-0.15, -0.1) is 0 Å². The summed E-state index contributed by atoms with van der Waals surface area (Å²) in [5, 5.41) is 9.25. The van der Waals surface area contributed by atoms with Gasteiger partial charge in [0.1, 0.15) is 5.75 Å². The van der Waals surface area contributed by atoms with Crippen LogP contribution in [0, 0.1) is 0 Å². The normalized spacial score (nSPS) is 23.1. The monoisotopic (exact) mass is 460 g/mol. The molecule has 1 saturated carbocycles. The van der Waals surface area contributed by atoms with E-state index in [1.54, 1.807) is 21.3 Å². The largest absolute Gasteiger partial charge is 0.497 e. The summed E-state index contributed by atoms with van der Waals surface area (Å²) in [7, 11) is 5.18. The first-order chi connectivity index (χ1) is 16.7.